The Kier molecular flexibility index (Phi) is 3.20. The van der Waals surface area contributed by atoms with E-state index in [-0.39, 0.29) is 0 Å². The lowest BCUT2D eigenvalue weighted by Crippen LogP contribution is -2.38. The third-order valence-electron chi connectivity index (χ3n) is 2.51. The van der Waals surface area contributed by atoms with E-state index in [1.54, 1.807) is 0 Å². The molecule has 1 heteroatoms. The number of hydrogen-bond acceptors (Lipinski definition) is 1. The highest BCUT2D eigenvalue weighted by molar-refractivity contribution is 4.75. The molecule has 0 aromatic heterocycles. The van der Waals surface area contributed by atoms with Crippen LogP contribution in [0, 0.1) is 6.92 Å². The smallest absolute Gasteiger partial charge is 0.00926 e. The maximum Gasteiger partial charge on any atom is 0.00926 e. The molecule has 1 radical (unpaired) electrons. The van der Waals surface area contributed by atoms with Crippen LogP contribution in [0.15, 0.2) is 0 Å². The maximum atomic E-state index is 3.93. The van der Waals surface area contributed by atoms with Crippen LogP contribution in [0.4, 0.5) is 0 Å². The minimum absolute atomic E-state index is 0.839. The monoisotopic (exact) mass is 140 g/mol. The van der Waals surface area contributed by atoms with Crippen molar-refractivity contribution < 1.29 is 0 Å². The Labute approximate surface area is 64.4 Å². The van der Waals surface area contributed by atoms with Crippen molar-refractivity contribution in [1.29, 1.82) is 0 Å². The van der Waals surface area contributed by atoms with Crippen LogP contribution < -0.4 is 0 Å². The molecule has 0 aliphatic carbocycles. The molecule has 59 valence electrons. The van der Waals surface area contributed by atoms with E-state index in [1.165, 1.54) is 32.2 Å². The Morgan fingerprint density at radius 2 is 2.30 bits per heavy atom. The first kappa shape index (κ1) is 8.06. The Morgan fingerprint density at radius 3 is 2.80 bits per heavy atom. The summed E-state index contributed by atoms with van der Waals surface area (Å²) in [7, 11) is 0. The van der Waals surface area contributed by atoms with Crippen molar-refractivity contribution in [3.63, 3.8) is 0 Å². The molecule has 0 aromatic rings. The fraction of sp³-hybridized carbons (Fsp3) is 0.889. The van der Waals surface area contributed by atoms with Crippen LogP contribution in [0.2, 0.25) is 0 Å². The summed E-state index contributed by atoms with van der Waals surface area (Å²) >= 11 is 0. The zero-order chi connectivity index (χ0) is 7.40. The van der Waals surface area contributed by atoms with E-state index in [2.05, 4.69) is 18.7 Å². The van der Waals surface area contributed by atoms with Gasteiger partial charge < -0.3 is 4.90 Å². The number of rotatable bonds is 2. The van der Waals surface area contributed by atoms with Crippen molar-refractivity contribution in [3.05, 3.63) is 6.92 Å². The minimum atomic E-state index is 0.839. The van der Waals surface area contributed by atoms with E-state index in [4.69, 9.17) is 0 Å². The fourth-order valence-corrected chi connectivity index (χ4v) is 1.82. The van der Waals surface area contributed by atoms with Gasteiger partial charge in [-0.15, -0.1) is 0 Å². The predicted molar refractivity (Wildman–Crippen MR) is 44.9 cm³/mol. The van der Waals surface area contributed by atoms with Gasteiger partial charge in [-0.25, -0.2) is 0 Å². The van der Waals surface area contributed by atoms with Crippen LogP contribution in [-0.4, -0.2) is 24.0 Å². The van der Waals surface area contributed by atoms with E-state index in [1.807, 2.05) is 0 Å². The zero-order valence-electron chi connectivity index (χ0n) is 6.97. The second kappa shape index (κ2) is 3.97. The van der Waals surface area contributed by atoms with Gasteiger partial charge in [-0.2, -0.15) is 0 Å². The molecule has 1 aliphatic heterocycles. The molecule has 1 heterocycles. The van der Waals surface area contributed by atoms with Crippen molar-refractivity contribution in [2.45, 2.75) is 38.6 Å². The number of hydrogen-bond donors (Lipinski definition) is 0. The molecule has 1 nitrogen and oxygen atoms in total. The van der Waals surface area contributed by atoms with Crippen LogP contribution in [-0.2, 0) is 0 Å². The highest BCUT2D eigenvalue weighted by Crippen LogP contribution is 2.18. The van der Waals surface area contributed by atoms with Crippen molar-refractivity contribution in [2.75, 3.05) is 13.1 Å². The van der Waals surface area contributed by atoms with Gasteiger partial charge in [-0.1, -0.05) is 13.3 Å². The van der Waals surface area contributed by atoms with E-state index in [0.717, 1.165) is 12.6 Å². The van der Waals surface area contributed by atoms with Crippen molar-refractivity contribution in [1.82, 2.24) is 4.90 Å². The highest BCUT2D eigenvalue weighted by atomic mass is 15.1. The van der Waals surface area contributed by atoms with Gasteiger partial charge in [0.2, 0.25) is 0 Å². The molecule has 0 saturated carbocycles. The predicted octanol–water partition coefficient (Wildman–Crippen LogP) is 2.08. The lowest BCUT2D eigenvalue weighted by Gasteiger charge is -2.33. The van der Waals surface area contributed by atoms with Crippen LogP contribution in [0.1, 0.15) is 32.6 Å². The van der Waals surface area contributed by atoms with E-state index in [0.29, 0.717) is 0 Å². The van der Waals surface area contributed by atoms with Gasteiger partial charge in [0, 0.05) is 6.04 Å². The molecule has 0 spiro atoms. The summed E-state index contributed by atoms with van der Waals surface area (Å²) in [4.78, 5) is 2.50. The second-order valence-electron chi connectivity index (χ2n) is 3.09. The third-order valence-corrected chi connectivity index (χ3v) is 2.51. The van der Waals surface area contributed by atoms with Gasteiger partial charge in [0.1, 0.15) is 0 Å². The van der Waals surface area contributed by atoms with Gasteiger partial charge in [0.05, 0.1) is 0 Å². The molecule has 0 aromatic carbocycles. The lowest BCUT2D eigenvalue weighted by molar-refractivity contribution is 0.160. The number of piperidine rings is 1. The van der Waals surface area contributed by atoms with Crippen LogP contribution in [0.25, 0.3) is 0 Å². The Balaban J connectivity index is 2.34. The van der Waals surface area contributed by atoms with Gasteiger partial charge in [0.25, 0.3) is 0 Å². The first-order valence-corrected chi connectivity index (χ1v) is 4.41. The summed E-state index contributed by atoms with van der Waals surface area (Å²) < 4.78 is 0. The van der Waals surface area contributed by atoms with E-state index in [9.17, 15) is 0 Å². The molecule has 1 unspecified atom stereocenters. The molecule has 1 rings (SSSR count). The van der Waals surface area contributed by atoms with E-state index < -0.39 is 0 Å². The Bertz CT molecular complexity index is 78.7. The van der Waals surface area contributed by atoms with E-state index >= 15 is 0 Å². The molecule has 0 amide bonds. The Hall–Kier alpha value is -0.0400. The van der Waals surface area contributed by atoms with Gasteiger partial charge in [0.15, 0.2) is 0 Å². The molecule has 0 N–H and O–H groups in total. The van der Waals surface area contributed by atoms with Crippen molar-refractivity contribution in [3.8, 4) is 0 Å². The minimum Gasteiger partial charge on any atom is -0.300 e. The summed E-state index contributed by atoms with van der Waals surface area (Å²) in [6, 6.07) is 0.839. The summed E-state index contributed by atoms with van der Waals surface area (Å²) in [5, 5.41) is 0. The van der Waals surface area contributed by atoms with Crippen LogP contribution >= 0.6 is 0 Å². The summed E-state index contributed by atoms with van der Waals surface area (Å²) in [6.07, 6.45) is 5.50. The number of likely N-dealkylation sites (tertiary alicyclic amines) is 1. The molecule has 1 aliphatic rings. The largest absolute Gasteiger partial charge is 0.300 e. The van der Waals surface area contributed by atoms with Crippen LogP contribution in [0.3, 0.4) is 0 Å². The maximum absolute atomic E-state index is 3.93. The normalized spacial score (nSPS) is 28.8. The summed E-state index contributed by atoms with van der Waals surface area (Å²) in [5.74, 6) is 0. The first-order chi connectivity index (χ1) is 4.88. The van der Waals surface area contributed by atoms with Crippen molar-refractivity contribution in [2.24, 2.45) is 0 Å². The molecule has 10 heavy (non-hydrogen) atoms. The quantitative estimate of drug-likeness (QED) is 0.567. The highest BCUT2D eigenvalue weighted by Gasteiger charge is 2.18. The average Bonchev–Trinajstić information content (AvgIpc) is 2.04. The number of nitrogens with zero attached hydrogens (tertiary/aromatic N) is 1. The lowest BCUT2D eigenvalue weighted by atomic mass is 10.0. The Morgan fingerprint density at radius 1 is 1.50 bits per heavy atom. The zero-order valence-corrected chi connectivity index (χ0v) is 6.97. The molecular weight excluding hydrogens is 122 g/mol. The van der Waals surface area contributed by atoms with Gasteiger partial charge in [-0.05, 0) is 39.3 Å². The summed E-state index contributed by atoms with van der Waals surface area (Å²) in [5.41, 5.74) is 0. The third kappa shape index (κ3) is 1.72. The topological polar surface area (TPSA) is 3.24 Å². The molecular formula is C9H18N. The molecule has 1 atom stereocenters. The molecule has 0 bridgehead atoms. The first-order valence-electron chi connectivity index (χ1n) is 4.41. The molecule has 1 fully saturated rings. The molecule has 1 saturated heterocycles. The summed E-state index contributed by atoms with van der Waals surface area (Å²) in [6.45, 7) is 8.49. The second-order valence-corrected chi connectivity index (χ2v) is 3.09. The van der Waals surface area contributed by atoms with Crippen LogP contribution in [0.5, 0.6) is 0 Å². The van der Waals surface area contributed by atoms with Gasteiger partial charge in [-0.3, -0.25) is 0 Å². The van der Waals surface area contributed by atoms with Gasteiger partial charge >= 0.3 is 0 Å². The fourth-order valence-electron chi connectivity index (χ4n) is 1.82. The average molecular weight is 140 g/mol. The SMILES string of the molecule is [CH2]CN1CCCCC1CC. The standard InChI is InChI=1S/C9H18N/c1-3-9-7-5-6-8-10(9)4-2/h9H,2-8H2,1H3. The van der Waals surface area contributed by atoms with Crippen molar-refractivity contribution >= 4 is 0 Å².